The summed E-state index contributed by atoms with van der Waals surface area (Å²) >= 11 is 1.04. The van der Waals surface area contributed by atoms with Crippen LogP contribution in [0.4, 0.5) is 4.79 Å². The molecule has 0 saturated heterocycles. The molecular weight excluding hydrogens is 554 g/mol. The van der Waals surface area contributed by atoms with Crippen LogP contribution in [0, 0.1) is 0 Å². The second-order valence-corrected chi connectivity index (χ2v) is 12.0. The molecular formula is C33H39NO7S. The van der Waals surface area contributed by atoms with Crippen molar-refractivity contribution in [1.82, 2.24) is 5.32 Å². The SMILES string of the molecule is COc1cc(OC)c(CSC(=O)[C@@H](NC(=O)OCC2c3ccccc3-c3ccccc32)[C@@H](C)OC(C)(C)C)c(OC)c1. The van der Waals surface area contributed by atoms with Crippen LogP contribution >= 0.6 is 11.8 Å². The van der Waals surface area contributed by atoms with Crippen molar-refractivity contribution in [2.24, 2.45) is 0 Å². The average molecular weight is 594 g/mol. The number of methoxy groups -OCH3 is 3. The third-order valence-electron chi connectivity index (χ3n) is 7.06. The van der Waals surface area contributed by atoms with Crippen LogP contribution in [0.3, 0.4) is 0 Å². The zero-order chi connectivity index (χ0) is 30.4. The maximum Gasteiger partial charge on any atom is 0.407 e. The van der Waals surface area contributed by atoms with Gasteiger partial charge >= 0.3 is 6.09 Å². The van der Waals surface area contributed by atoms with E-state index >= 15 is 0 Å². The molecule has 0 aliphatic heterocycles. The predicted molar refractivity (Wildman–Crippen MR) is 165 cm³/mol. The van der Waals surface area contributed by atoms with Crippen LogP contribution in [-0.4, -0.2) is 56.9 Å². The minimum Gasteiger partial charge on any atom is -0.496 e. The van der Waals surface area contributed by atoms with Gasteiger partial charge in [-0.2, -0.15) is 0 Å². The van der Waals surface area contributed by atoms with Gasteiger partial charge in [-0.1, -0.05) is 60.3 Å². The standard InChI is InChI=1S/C33H39NO7S/c1-20(41-33(2,3)4)30(31(35)42-19-27-28(38-6)16-21(37-5)17-29(27)39-7)34-32(36)40-18-26-24-14-10-8-12-22(24)23-13-9-11-15-25(23)26/h8-17,20,26,30H,18-19H2,1-7H3,(H,34,36)/t20-,30+/m1/s1. The van der Waals surface area contributed by atoms with E-state index in [-0.39, 0.29) is 23.4 Å². The number of nitrogens with one attached hydrogen (secondary N) is 1. The lowest BCUT2D eigenvalue weighted by molar-refractivity contribution is -0.120. The maximum atomic E-state index is 13.6. The van der Waals surface area contributed by atoms with Crippen molar-refractivity contribution >= 4 is 23.0 Å². The van der Waals surface area contributed by atoms with Crippen molar-refractivity contribution < 1.29 is 33.3 Å². The molecule has 9 heteroatoms. The van der Waals surface area contributed by atoms with E-state index < -0.39 is 23.8 Å². The van der Waals surface area contributed by atoms with Crippen molar-refractivity contribution in [3.05, 3.63) is 77.4 Å². The van der Waals surface area contributed by atoms with E-state index in [9.17, 15) is 9.59 Å². The van der Waals surface area contributed by atoms with Gasteiger partial charge in [0, 0.05) is 29.4 Å². The third kappa shape index (κ3) is 7.20. The molecule has 224 valence electrons. The first-order valence-electron chi connectivity index (χ1n) is 13.8. The zero-order valence-corrected chi connectivity index (χ0v) is 26.0. The summed E-state index contributed by atoms with van der Waals surface area (Å²) in [6, 6.07) is 18.8. The van der Waals surface area contributed by atoms with E-state index in [1.165, 1.54) is 0 Å². The van der Waals surface area contributed by atoms with Crippen LogP contribution in [-0.2, 0) is 20.0 Å². The Hall–Kier alpha value is -3.69. The number of ether oxygens (including phenoxy) is 5. The lowest BCUT2D eigenvalue weighted by Gasteiger charge is -2.30. The molecule has 0 fully saturated rings. The third-order valence-corrected chi connectivity index (χ3v) is 8.03. The van der Waals surface area contributed by atoms with Crippen molar-refractivity contribution in [2.75, 3.05) is 27.9 Å². The van der Waals surface area contributed by atoms with E-state index in [4.69, 9.17) is 23.7 Å². The Bertz CT molecular complexity index is 1350. The van der Waals surface area contributed by atoms with Gasteiger partial charge in [0.25, 0.3) is 0 Å². The Kier molecular flexibility index (Phi) is 10.1. The quantitative estimate of drug-likeness (QED) is 0.267. The molecule has 3 aromatic rings. The van der Waals surface area contributed by atoms with Gasteiger partial charge in [-0.3, -0.25) is 4.79 Å². The molecule has 0 heterocycles. The van der Waals surface area contributed by atoms with Crippen LogP contribution in [0.1, 0.15) is 50.3 Å². The number of hydrogen-bond donors (Lipinski definition) is 1. The second-order valence-electron chi connectivity index (χ2n) is 11.0. The molecule has 1 aliphatic rings. The first-order valence-corrected chi connectivity index (χ1v) is 14.8. The molecule has 0 saturated carbocycles. The smallest absolute Gasteiger partial charge is 0.407 e. The number of rotatable bonds is 11. The number of fused-ring (bicyclic) bond motifs is 3. The van der Waals surface area contributed by atoms with Gasteiger partial charge in [0.15, 0.2) is 0 Å². The molecule has 0 bridgehead atoms. The van der Waals surface area contributed by atoms with Crippen LogP contribution in [0.15, 0.2) is 60.7 Å². The minimum atomic E-state index is -0.958. The first-order chi connectivity index (χ1) is 20.1. The molecule has 0 radical (unpaired) electrons. The van der Waals surface area contributed by atoms with E-state index in [1.807, 2.05) is 45.0 Å². The van der Waals surface area contributed by atoms with Crippen LogP contribution in [0.2, 0.25) is 0 Å². The summed E-state index contributed by atoms with van der Waals surface area (Å²) in [4.78, 5) is 26.7. The van der Waals surface area contributed by atoms with Gasteiger partial charge < -0.3 is 29.0 Å². The highest BCUT2D eigenvalue weighted by molar-refractivity contribution is 8.13. The van der Waals surface area contributed by atoms with Crippen LogP contribution in [0.25, 0.3) is 11.1 Å². The van der Waals surface area contributed by atoms with E-state index in [0.717, 1.165) is 34.0 Å². The molecule has 1 N–H and O–H groups in total. The molecule has 3 aromatic carbocycles. The monoisotopic (exact) mass is 593 g/mol. The van der Waals surface area contributed by atoms with Gasteiger partial charge in [-0.15, -0.1) is 0 Å². The summed E-state index contributed by atoms with van der Waals surface area (Å²) in [6.07, 6.45) is -1.30. The lowest BCUT2D eigenvalue weighted by atomic mass is 9.98. The molecule has 1 amide bonds. The fourth-order valence-corrected chi connectivity index (χ4v) is 6.22. The summed E-state index contributed by atoms with van der Waals surface area (Å²) in [5, 5.41) is 2.51. The maximum absolute atomic E-state index is 13.6. The number of hydrogen-bond acceptors (Lipinski definition) is 8. The number of amides is 1. The topological polar surface area (TPSA) is 92.3 Å². The number of carbonyl (C=O) groups excluding carboxylic acids is 2. The van der Waals surface area contributed by atoms with E-state index in [2.05, 4.69) is 29.6 Å². The van der Waals surface area contributed by atoms with E-state index in [1.54, 1.807) is 40.4 Å². The molecule has 8 nitrogen and oxygen atoms in total. The predicted octanol–water partition coefficient (Wildman–Crippen LogP) is 6.58. The molecule has 0 spiro atoms. The summed E-state index contributed by atoms with van der Waals surface area (Å²) in [7, 11) is 4.65. The largest absolute Gasteiger partial charge is 0.496 e. The summed E-state index contributed by atoms with van der Waals surface area (Å²) < 4.78 is 28.2. The highest BCUT2D eigenvalue weighted by atomic mass is 32.2. The Balaban J connectivity index is 1.48. The molecule has 42 heavy (non-hydrogen) atoms. The van der Waals surface area contributed by atoms with Crippen molar-refractivity contribution in [2.45, 2.75) is 57.1 Å². The van der Waals surface area contributed by atoms with Gasteiger partial charge in [0.05, 0.1) is 33.0 Å². The van der Waals surface area contributed by atoms with Crippen LogP contribution in [0.5, 0.6) is 17.2 Å². The minimum absolute atomic E-state index is 0.0927. The molecule has 0 unspecified atom stereocenters. The molecule has 1 aliphatic carbocycles. The molecule has 4 rings (SSSR count). The summed E-state index contributed by atoms with van der Waals surface area (Å²) in [5.41, 5.74) is 4.67. The Morgan fingerprint density at radius 3 is 1.93 bits per heavy atom. The number of benzene rings is 3. The Morgan fingerprint density at radius 1 is 0.881 bits per heavy atom. The zero-order valence-electron chi connectivity index (χ0n) is 25.2. The van der Waals surface area contributed by atoms with Crippen LogP contribution < -0.4 is 19.5 Å². The molecule has 2 atom stereocenters. The first kappa shape index (κ1) is 31.3. The Morgan fingerprint density at radius 2 is 1.43 bits per heavy atom. The number of thioether (sulfide) groups is 1. The average Bonchev–Trinajstić information content (AvgIpc) is 3.29. The Labute approximate surface area is 252 Å². The van der Waals surface area contributed by atoms with Gasteiger partial charge in [0.1, 0.15) is 29.9 Å². The fraction of sp³-hybridized carbons (Fsp3) is 0.394. The lowest BCUT2D eigenvalue weighted by Crippen LogP contribution is -2.50. The van der Waals surface area contributed by atoms with Gasteiger partial charge in [0.2, 0.25) is 5.12 Å². The highest BCUT2D eigenvalue weighted by Gasteiger charge is 2.33. The summed E-state index contributed by atoms with van der Waals surface area (Å²) in [5.74, 6) is 1.80. The fourth-order valence-electron chi connectivity index (χ4n) is 5.21. The van der Waals surface area contributed by atoms with Gasteiger partial charge in [-0.25, -0.2) is 4.79 Å². The van der Waals surface area contributed by atoms with Crippen molar-refractivity contribution in [1.29, 1.82) is 0 Å². The number of alkyl carbamates (subject to hydrolysis) is 1. The molecule has 0 aromatic heterocycles. The van der Waals surface area contributed by atoms with Crippen molar-refractivity contribution in [3.8, 4) is 28.4 Å². The number of carbonyl (C=O) groups is 2. The highest BCUT2D eigenvalue weighted by Crippen LogP contribution is 2.44. The normalized spacial score (nSPS) is 13.9. The van der Waals surface area contributed by atoms with E-state index in [0.29, 0.717) is 22.8 Å². The summed E-state index contributed by atoms with van der Waals surface area (Å²) in [6.45, 7) is 7.62. The van der Waals surface area contributed by atoms with Crippen molar-refractivity contribution in [3.63, 3.8) is 0 Å². The van der Waals surface area contributed by atoms with Gasteiger partial charge in [-0.05, 0) is 49.9 Å². The second kappa shape index (κ2) is 13.5.